The molecule has 0 unspecified atom stereocenters. The summed E-state index contributed by atoms with van der Waals surface area (Å²) in [5, 5.41) is 7.07. The number of halogens is 5. The number of benzene rings is 3. The van der Waals surface area contributed by atoms with Crippen LogP contribution in [0.2, 0.25) is 25.1 Å². The first-order valence-corrected chi connectivity index (χ1v) is 10.5. The van der Waals surface area contributed by atoms with E-state index in [1.54, 1.807) is 28.9 Å². The molecule has 0 spiro atoms. The Hall–Kier alpha value is -1.68. The first kappa shape index (κ1) is 20.6. The second-order valence-corrected chi connectivity index (χ2v) is 8.52. The van der Waals surface area contributed by atoms with Gasteiger partial charge >= 0.3 is 0 Å². The molecule has 0 radical (unpaired) electrons. The molecule has 0 saturated heterocycles. The number of rotatable bonds is 3. The highest BCUT2D eigenvalue weighted by molar-refractivity contribution is 6.43. The van der Waals surface area contributed by atoms with Crippen molar-refractivity contribution >= 4 is 58.0 Å². The Morgan fingerprint density at radius 1 is 0.655 bits per heavy atom. The lowest BCUT2D eigenvalue weighted by molar-refractivity contribution is 0.891. The standard InChI is InChI=1S/C22H13Cl5N2/c1-12-2-6-15(7-3-12)29-22(14-5-9-17(24)19(26)11-14)20(27)21(28-29)13-4-8-16(23)18(25)10-13/h2-11H,1H3. The fourth-order valence-electron chi connectivity index (χ4n) is 2.99. The zero-order valence-electron chi connectivity index (χ0n) is 15.1. The molecule has 2 nitrogen and oxygen atoms in total. The summed E-state index contributed by atoms with van der Waals surface area (Å²) in [4.78, 5) is 0. The Labute approximate surface area is 193 Å². The fraction of sp³-hybridized carbons (Fsp3) is 0.0455. The summed E-state index contributed by atoms with van der Waals surface area (Å²) in [6.07, 6.45) is 0. The Bertz CT molecular complexity index is 1210. The van der Waals surface area contributed by atoms with E-state index in [1.807, 2.05) is 43.3 Å². The van der Waals surface area contributed by atoms with Gasteiger partial charge in [-0.2, -0.15) is 5.10 Å². The monoisotopic (exact) mass is 480 g/mol. The summed E-state index contributed by atoms with van der Waals surface area (Å²) in [5.41, 5.74) is 4.86. The Kier molecular flexibility index (Phi) is 5.83. The van der Waals surface area contributed by atoms with E-state index in [-0.39, 0.29) is 0 Å². The molecule has 146 valence electrons. The van der Waals surface area contributed by atoms with Crippen LogP contribution < -0.4 is 0 Å². The smallest absolute Gasteiger partial charge is 0.112 e. The van der Waals surface area contributed by atoms with Crippen LogP contribution in [0.5, 0.6) is 0 Å². The molecule has 1 heterocycles. The number of aryl methyl sites for hydroxylation is 1. The molecule has 0 aliphatic heterocycles. The summed E-state index contributed by atoms with van der Waals surface area (Å²) in [6.45, 7) is 2.03. The summed E-state index contributed by atoms with van der Waals surface area (Å²) in [7, 11) is 0. The summed E-state index contributed by atoms with van der Waals surface area (Å²) in [5.74, 6) is 0. The first-order chi connectivity index (χ1) is 13.8. The fourth-order valence-corrected chi connectivity index (χ4v) is 3.92. The molecule has 1 aromatic heterocycles. The van der Waals surface area contributed by atoms with Crippen molar-refractivity contribution in [2.75, 3.05) is 0 Å². The van der Waals surface area contributed by atoms with Crippen molar-refractivity contribution in [3.63, 3.8) is 0 Å². The maximum atomic E-state index is 6.83. The SMILES string of the molecule is Cc1ccc(-n2nc(-c3ccc(Cl)c(Cl)c3)c(Cl)c2-c2ccc(Cl)c(Cl)c2)cc1. The molecule has 0 aliphatic rings. The summed E-state index contributed by atoms with van der Waals surface area (Å²) < 4.78 is 1.79. The van der Waals surface area contributed by atoms with Crippen LogP contribution in [0.4, 0.5) is 0 Å². The van der Waals surface area contributed by atoms with Gasteiger partial charge in [-0.3, -0.25) is 0 Å². The molecule has 4 rings (SSSR count). The minimum absolute atomic E-state index is 0.432. The van der Waals surface area contributed by atoms with Crippen LogP contribution in [0.15, 0.2) is 60.7 Å². The highest BCUT2D eigenvalue weighted by Crippen LogP contribution is 2.40. The highest BCUT2D eigenvalue weighted by atomic mass is 35.5. The molecular formula is C22H13Cl5N2. The molecule has 7 heteroatoms. The zero-order valence-corrected chi connectivity index (χ0v) is 18.8. The molecule has 0 aliphatic carbocycles. The Morgan fingerprint density at radius 3 is 1.79 bits per heavy atom. The largest absolute Gasteiger partial charge is 0.231 e. The molecule has 0 N–H and O–H groups in total. The van der Waals surface area contributed by atoms with Crippen molar-refractivity contribution < 1.29 is 0 Å². The normalized spacial score (nSPS) is 11.1. The second-order valence-electron chi connectivity index (χ2n) is 6.52. The van der Waals surface area contributed by atoms with Crippen LogP contribution in [0.25, 0.3) is 28.2 Å². The molecule has 29 heavy (non-hydrogen) atoms. The van der Waals surface area contributed by atoms with Crippen LogP contribution >= 0.6 is 58.0 Å². The lowest BCUT2D eigenvalue weighted by Crippen LogP contribution is -1.99. The van der Waals surface area contributed by atoms with E-state index >= 15 is 0 Å². The average molecular weight is 483 g/mol. The van der Waals surface area contributed by atoms with Crippen molar-refractivity contribution in [3.8, 4) is 28.2 Å². The van der Waals surface area contributed by atoms with E-state index < -0.39 is 0 Å². The van der Waals surface area contributed by atoms with Crippen molar-refractivity contribution in [2.24, 2.45) is 0 Å². The van der Waals surface area contributed by atoms with E-state index in [1.165, 1.54) is 0 Å². The lowest BCUT2D eigenvalue weighted by atomic mass is 10.1. The predicted octanol–water partition coefficient (Wildman–Crippen LogP) is 8.78. The van der Waals surface area contributed by atoms with Gasteiger partial charge in [0, 0.05) is 11.1 Å². The van der Waals surface area contributed by atoms with Crippen LogP contribution in [0, 0.1) is 6.92 Å². The molecule has 4 aromatic rings. The van der Waals surface area contributed by atoms with Crippen molar-refractivity contribution in [3.05, 3.63) is 91.3 Å². The molecule has 0 saturated carbocycles. The average Bonchev–Trinajstić information content (AvgIpc) is 3.04. The van der Waals surface area contributed by atoms with E-state index in [0.717, 1.165) is 22.4 Å². The van der Waals surface area contributed by atoms with Crippen LogP contribution in [-0.2, 0) is 0 Å². The van der Waals surface area contributed by atoms with E-state index in [2.05, 4.69) is 0 Å². The maximum absolute atomic E-state index is 6.83. The number of nitrogens with zero attached hydrogens (tertiary/aromatic N) is 2. The zero-order chi connectivity index (χ0) is 20.7. The molecule has 0 amide bonds. The van der Waals surface area contributed by atoms with Crippen molar-refractivity contribution in [1.82, 2.24) is 9.78 Å². The molecule has 0 atom stereocenters. The van der Waals surface area contributed by atoms with Crippen LogP contribution in [-0.4, -0.2) is 9.78 Å². The summed E-state index contributed by atoms with van der Waals surface area (Å²) >= 11 is 31.5. The predicted molar refractivity (Wildman–Crippen MR) is 124 cm³/mol. The van der Waals surface area contributed by atoms with Gasteiger partial charge in [-0.15, -0.1) is 0 Å². The topological polar surface area (TPSA) is 17.8 Å². The third-order valence-electron chi connectivity index (χ3n) is 4.49. The van der Waals surface area contributed by atoms with Crippen molar-refractivity contribution in [2.45, 2.75) is 6.92 Å². The van der Waals surface area contributed by atoms with Crippen molar-refractivity contribution in [1.29, 1.82) is 0 Å². The molecular weight excluding hydrogens is 470 g/mol. The lowest BCUT2D eigenvalue weighted by Gasteiger charge is -2.09. The van der Waals surface area contributed by atoms with E-state index in [9.17, 15) is 0 Å². The van der Waals surface area contributed by atoms with Gasteiger partial charge in [0.05, 0.1) is 36.5 Å². The number of hydrogen-bond acceptors (Lipinski definition) is 1. The molecule has 3 aromatic carbocycles. The minimum atomic E-state index is 0.432. The first-order valence-electron chi connectivity index (χ1n) is 8.61. The Morgan fingerprint density at radius 2 is 1.21 bits per heavy atom. The maximum Gasteiger partial charge on any atom is 0.112 e. The summed E-state index contributed by atoms with van der Waals surface area (Å²) in [6, 6.07) is 18.7. The van der Waals surface area contributed by atoms with Gasteiger partial charge in [-0.25, -0.2) is 4.68 Å². The van der Waals surface area contributed by atoms with Gasteiger partial charge in [0.15, 0.2) is 0 Å². The van der Waals surface area contributed by atoms with Gasteiger partial charge in [-0.05, 0) is 43.3 Å². The molecule has 0 fully saturated rings. The van der Waals surface area contributed by atoms with Gasteiger partial charge in [0.1, 0.15) is 5.69 Å². The van der Waals surface area contributed by atoms with Crippen LogP contribution in [0.3, 0.4) is 0 Å². The third kappa shape index (κ3) is 4.01. The molecule has 0 bridgehead atoms. The van der Waals surface area contributed by atoms with Gasteiger partial charge in [0.2, 0.25) is 0 Å². The minimum Gasteiger partial charge on any atom is -0.231 e. The number of aromatic nitrogens is 2. The van der Waals surface area contributed by atoms with Crippen LogP contribution in [0.1, 0.15) is 5.56 Å². The van der Waals surface area contributed by atoms with Gasteiger partial charge < -0.3 is 0 Å². The van der Waals surface area contributed by atoms with E-state index in [0.29, 0.717) is 36.5 Å². The van der Waals surface area contributed by atoms with Gasteiger partial charge in [-0.1, -0.05) is 87.8 Å². The quantitative estimate of drug-likeness (QED) is 0.285. The van der Waals surface area contributed by atoms with Gasteiger partial charge in [0.25, 0.3) is 0 Å². The Balaban J connectivity index is 1.98. The second kappa shape index (κ2) is 8.22. The highest BCUT2D eigenvalue weighted by Gasteiger charge is 2.21. The van der Waals surface area contributed by atoms with E-state index in [4.69, 9.17) is 63.1 Å². The third-order valence-corrected chi connectivity index (χ3v) is 6.33. The number of hydrogen-bond donors (Lipinski definition) is 0.